The Labute approximate surface area is 172 Å². The highest BCUT2D eigenvalue weighted by molar-refractivity contribution is 7.94. The molecule has 0 radical (unpaired) electrons. The van der Waals surface area contributed by atoms with Crippen molar-refractivity contribution in [2.24, 2.45) is 0 Å². The average molecular weight is 436 g/mol. The Morgan fingerprint density at radius 3 is 2.71 bits per heavy atom. The van der Waals surface area contributed by atoms with Crippen LogP contribution in [0.1, 0.15) is 33.9 Å². The van der Waals surface area contributed by atoms with Gasteiger partial charge in [-0.3, -0.25) is 9.52 Å². The van der Waals surface area contributed by atoms with E-state index in [1.54, 1.807) is 47.0 Å². The normalized spacial score (nSPS) is 11.3. The molecule has 148 valence electrons. The summed E-state index contributed by atoms with van der Waals surface area (Å²) in [5.41, 5.74) is 1.82. The number of rotatable bonds is 9. The van der Waals surface area contributed by atoms with Gasteiger partial charge in [-0.1, -0.05) is 12.1 Å². The summed E-state index contributed by atoms with van der Waals surface area (Å²) in [6.07, 6.45) is 2.72. The monoisotopic (exact) mass is 435 g/mol. The maximum absolute atomic E-state index is 12.3. The van der Waals surface area contributed by atoms with Crippen LogP contribution in [0.25, 0.3) is 0 Å². The second-order valence-corrected chi connectivity index (χ2v) is 10.0. The van der Waals surface area contributed by atoms with Crippen molar-refractivity contribution in [3.63, 3.8) is 0 Å². The highest BCUT2D eigenvalue weighted by Gasteiger charge is 2.16. The van der Waals surface area contributed by atoms with Gasteiger partial charge in [-0.05, 0) is 55.8 Å². The molecule has 1 aromatic carbocycles. The summed E-state index contributed by atoms with van der Waals surface area (Å²) >= 11 is 2.80. The molecule has 0 saturated carbocycles. The van der Waals surface area contributed by atoms with Crippen LogP contribution in [0.2, 0.25) is 0 Å². The van der Waals surface area contributed by atoms with E-state index < -0.39 is 10.0 Å². The van der Waals surface area contributed by atoms with Crippen molar-refractivity contribution < 1.29 is 13.2 Å². The van der Waals surface area contributed by atoms with E-state index in [9.17, 15) is 13.2 Å². The smallest absolute Gasteiger partial charge is 0.271 e. The summed E-state index contributed by atoms with van der Waals surface area (Å²) < 4.78 is 27.3. The molecule has 0 saturated heterocycles. The fourth-order valence-electron chi connectivity index (χ4n) is 2.57. The van der Waals surface area contributed by atoms with Gasteiger partial charge in [-0.2, -0.15) is 0 Å². The third-order valence-electron chi connectivity index (χ3n) is 3.91. The van der Waals surface area contributed by atoms with Crippen LogP contribution in [0.4, 0.5) is 5.69 Å². The van der Waals surface area contributed by atoms with Gasteiger partial charge in [-0.25, -0.2) is 13.4 Å². The minimum Gasteiger partial charge on any atom is -0.352 e. The van der Waals surface area contributed by atoms with Crippen LogP contribution in [0.3, 0.4) is 0 Å². The summed E-state index contributed by atoms with van der Waals surface area (Å²) in [6, 6.07) is 9.70. The van der Waals surface area contributed by atoms with Crippen LogP contribution < -0.4 is 10.0 Å². The topological polar surface area (TPSA) is 88.2 Å². The number of hydrogen-bond donors (Lipinski definition) is 2. The van der Waals surface area contributed by atoms with Gasteiger partial charge in [0, 0.05) is 28.9 Å². The molecule has 0 bridgehead atoms. The number of unbranched alkanes of at least 4 members (excludes halogenated alkanes) is 1. The number of carbonyl (C=O) groups excluding carboxylic acids is 1. The number of amides is 1. The Morgan fingerprint density at radius 1 is 1.14 bits per heavy atom. The number of nitrogens with one attached hydrogen (secondary N) is 2. The van der Waals surface area contributed by atoms with Crippen LogP contribution in [-0.4, -0.2) is 25.9 Å². The molecule has 0 spiro atoms. The largest absolute Gasteiger partial charge is 0.352 e. The zero-order chi connectivity index (χ0) is 20.0. The summed E-state index contributed by atoms with van der Waals surface area (Å²) in [6.45, 7) is 2.54. The molecule has 0 aliphatic heterocycles. The summed E-state index contributed by atoms with van der Waals surface area (Å²) in [5, 5.41) is 7.74. The van der Waals surface area contributed by atoms with E-state index in [1.165, 1.54) is 6.07 Å². The van der Waals surface area contributed by atoms with E-state index >= 15 is 0 Å². The molecule has 3 rings (SSSR count). The first-order valence-corrected chi connectivity index (χ1v) is 12.0. The first-order chi connectivity index (χ1) is 13.4. The minimum absolute atomic E-state index is 0.220. The number of thiazole rings is 1. The molecule has 1 amide bonds. The first kappa shape index (κ1) is 20.5. The predicted molar refractivity (Wildman–Crippen MR) is 114 cm³/mol. The molecule has 3 aromatic rings. The molecule has 2 N–H and O–H groups in total. The minimum atomic E-state index is -3.63. The van der Waals surface area contributed by atoms with Gasteiger partial charge in [-0.15, -0.1) is 22.7 Å². The van der Waals surface area contributed by atoms with Crippen LogP contribution in [0, 0.1) is 6.92 Å². The molecule has 2 heterocycles. The van der Waals surface area contributed by atoms with Gasteiger partial charge in [0.25, 0.3) is 15.9 Å². The van der Waals surface area contributed by atoms with Crippen molar-refractivity contribution in [1.82, 2.24) is 10.3 Å². The van der Waals surface area contributed by atoms with E-state index in [0.29, 0.717) is 17.8 Å². The van der Waals surface area contributed by atoms with Gasteiger partial charge >= 0.3 is 0 Å². The first-order valence-electron chi connectivity index (χ1n) is 8.80. The zero-order valence-electron chi connectivity index (χ0n) is 15.3. The lowest BCUT2D eigenvalue weighted by molar-refractivity contribution is 0.0953. The zero-order valence-corrected chi connectivity index (χ0v) is 17.8. The lowest BCUT2D eigenvalue weighted by atomic mass is 10.2. The standard InChI is InChI=1S/C19H21N3O3S3/c1-14-13-27-17(21-14)8-2-3-10-20-19(23)15-6-4-7-16(12-15)22-28(24,25)18-9-5-11-26-18/h4-7,9,11-13,22H,2-3,8,10H2,1H3,(H,20,23). The number of sulfonamides is 1. The lowest BCUT2D eigenvalue weighted by Crippen LogP contribution is -2.24. The van der Waals surface area contributed by atoms with Gasteiger partial charge in [0.2, 0.25) is 0 Å². The molecular formula is C19H21N3O3S3. The van der Waals surface area contributed by atoms with Crippen LogP contribution in [-0.2, 0) is 16.4 Å². The molecular weight excluding hydrogens is 414 g/mol. The second-order valence-electron chi connectivity index (χ2n) is 6.21. The Balaban J connectivity index is 1.49. The maximum atomic E-state index is 12.3. The SMILES string of the molecule is Cc1csc(CCCCNC(=O)c2cccc(NS(=O)(=O)c3cccs3)c2)n1. The fraction of sp³-hybridized carbons (Fsp3) is 0.263. The number of thiophene rings is 1. The van der Waals surface area contributed by atoms with Crippen molar-refractivity contribution in [2.75, 3.05) is 11.3 Å². The number of benzene rings is 1. The number of hydrogen-bond acceptors (Lipinski definition) is 6. The van der Waals surface area contributed by atoms with E-state index in [1.807, 2.05) is 12.3 Å². The molecule has 2 aromatic heterocycles. The average Bonchev–Trinajstić information content (AvgIpc) is 3.33. The Morgan fingerprint density at radius 2 is 2.00 bits per heavy atom. The van der Waals surface area contributed by atoms with Crippen molar-refractivity contribution in [3.05, 3.63) is 63.4 Å². The third-order valence-corrected chi connectivity index (χ3v) is 7.71. The third kappa shape index (κ3) is 5.63. The van der Waals surface area contributed by atoms with E-state index in [2.05, 4.69) is 15.0 Å². The van der Waals surface area contributed by atoms with Crippen molar-refractivity contribution in [3.8, 4) is 0 Å². The molecule has 28 heavy (non-hydrogen) atoms. The van der Waals surface area contributed by atoms with Crippen molar-refractivity contribution >= 4 is 44.3 Å². The number of aryl methyl sites for hydroxylation is 2. The summed E-state index contributed by atoms with van der Waals surface area (Å²) in [7, 11) is -3.63. The number of nitrogens with zero attached hydrogens (tertiary/aromatic N) is 1. The highest BCUT2D eigenvalue weighted by atomic mass is 32.2. The molecule has 9 heteroatoms. The second kappa shape index (κ2) is 9.31. The molecule has 0 fully saturated rings. The molecule has 0 aliphatic carbocycles. The maximum Gasteiger partial charge on any atom is 0.271 e. The fourth-order valence-corrected chi connectivity index (χ4v) is 5.43. The summed E-state index contributed by atoms with van der Waals surface area (Å²) in [4.78, 5) is 16.8. The number of aromatic nitrogens is 1. The predicted octanol–water partition coefficient (Wildman–Crippen LogP) is 4.07. The number of anilines is 1. The van der Waals surface area contributed by atoms with Gasteiger partial charge in [0.1, 0.15) is 4.21 Å². The van der Waals surface area contributed by atoms with Crippen molar-refractivity contribution in [2.45, 2.75) is 30.4 Å². The van der Waals surface area contributed by atoms with Gasteiger partial charge in [0.15, 0.2) is 0 Å². The van der Waals surface area contributed by atoms with E-state index in [0.717, 1.165) is 41.3 Å². The molecule has 6 nitrogen and oxygen atoms in total. The Bertz CT molecular complexity index is 1030. The van der Waals surface area contributed by atoms with Crippen LogP contribution in [0.5, 0.6) is 0 Å². The van der Waals surface area contributed by atoms with Gasteiger partial charge < -0.3 is 5.32 Å². The van der Waals surface area contributed by atoms with Crippen LogP contribution in [0.15, 0.2) is 51.4 Å². The quantitative estimate of drug-likeness (QED) is 0.496. The van der Waals surface area contributed by atoms with Gasteiger partial charge in [0.05, 0.1) is 5.01 Å². The summed E-state index contributed by atoms with van der Waals surface area (Å²) in [5.74, 6) is -0.220. The molecule has 0 unspecified atom stereocenters. The molecule has 0 atom stereocenters. The Kier molecular flexibility index (Phi) is 6.82. The van der Waals surface area contributed by atoms with Crippen molar-refractivity contribution in [1.29, 1.82) is 0 Å². The Hall–Kier alpha value is -2.23. The lowest BCUT2D eigenvalue weighted by Gasteiger charge is -2.09. The van der Waals surface area contributed by atoms with E-state index in [4.69, 9.17) is 0 Å². The van der Waals surface area contributed by atoms with E-state index in [-0.39, 0.29) is 10.1 Å². The highest BCUT2D eigenvalue weighted by Crippen LogP contribution is 2.21. The number of carbonyl (C=O) groups is 1. The van der Waals surface area contributed by atoms with Crippen LogP contribution >= 0.6 is 22.7 Å². The molecule has 0 aliphatic rings.